The normalized spacial score (nSPS) is 13.9. The predicted molar refractivity (Wildman–Crippen MR) is 88.3 cm³/mol. The molecule has 0 atom stereocenters. The Bertz CT molecular complexity index is 630. The van der Waals surface area contributed by atoms with Crippen LogP contribution in [0.3, 0.4) is 0 Å². The second-order valence-corrected chi connectivity index (χ2v) is 5.72. The van der Waals surface area contributed by atoms with Crippen molar-refractivity contribution in [1.29, 1.82) is 0 Å². The summed E-state index contributed by atoms with van der Waals surface area (Å²) < 4.78 is 5.78. The summed E-state index contributed by atoms with van der Waals surface area (Å²) in [6, 6.07) is 13.7. The minimum absolute atomic E-state index is 0.634. The molecule has 2 aromatic rings. The van der Waals surface area contributed by atoms with Crippen molar-refractivity contribution in [2.45, 2.75) is 12.8 Å². The Morgan fingerprint density at radius 3 is 2.95 bits per heavy atom. The number of nitrogen functional groups attached to an aromatic ring is 1. The molecule has 4 heteroatoms. The van der Waals surface area contributed by atoms with Gasteiger partial charge in [0.15, 0.2) is 0 Å². The monoisotopic (exact) mass is 302 g/mol. The topological polar surface area (TPSA) is 38.5 Å². The number of anilines is 2. The molecule has 0 bridgehead atoms. The summed E-state index contributed by atoms with van der Waals surface area (Å²) in [5.41, 5.74) is 9.34. The molecule has 0 aliphatic carbocycles. The lowest BCUT2D eigenvalue weighted by molar-refractivity contribution is 0.322. The van der Waals surface area contributed by atoms with Crippen molar-refractivity contribution >= 4 is 23.0 Å². The van der Waals surface area contributed by atoms with Gasteiger partial charge in [-0.25, -0.2) is 0 Å². The Labute approximate surface area is 130 Å². The van der Waals surface area contributed by atoms with Gasteiger partial charge in [-0.3, -0.25) is 0 Å². The molecule has 21 heavy (non-hydrogen) atoms. The summed E-state index contributed by atoms with van der Waals surface area (Å²) in [6.45, 7) is 2.53. The van der Waals surface area contributed by atoms with Gasteiger partial charge in [0.25, 0.3) is 0 Å². The molecule has 1 aliphatic rings. The number of halogens is 1. The lowest BCUT2D eigenvalue weighted by atomic mass is 10.0. The second kappa shape index (κ2) is 6.27. The zero-order valence-corrected chi connectivity index (χ0v) is 12.6. The van der Waals surface area contributed by atoms with Crippen LogP contribution in [0.4, 0.5) is 11.4 Å². The summed E-state index contributed by atoms with van der Waals surface area (Å²) in [6.07, 6.45) is 2.30. The molecule has 0 aromatic heterocycles. The second-order valence-electron chi connectivity index (χ2n) is 5.28. The first-order valence-corrected chi connectivity index (χ1v) is 7.62. The third-order valence-corrected chi connectivity index (χ3v) is 3.99. The molecule has 0 saturated carbocycles. The fourth-order valence-electron chi connectivity index (χ4n) is 2.73. The molecule has 0 saturated heterocycles. The van der Waals surface area contributed by atoms with Gasteiger partial charge in [-0.05, 0) is 48.7 Å². The SMILES string of the molecule is Nc1ccc2c(c1)N(CCOc1cccc(Cl)c1)CCC2. The number of aryl methyl sites for hydroxylation is 1. The third-order valence-electron chi connectivity index (χ3n) is 3.75. The van der Waals surface area contributed by atoms with Gasteiger partial charge in [-0.2, -0.15) is 0 Å². The first-order chi connectivity index (χ1) is 10.2. The number of fused-ring (bicyclic) bond motifs is 1. The highest BCUT2D eigenvalue weighted by atomic mass is 35.5. The van der Waals surface area contributed by atoms with E-state index in [0.717, 1.165) is 30.9 Å². The van der Waals surface area contributed by atoms with Gasteiger partial charge in [0.2, 0.25) is 0 Å². The molecule has 1 aliphatic heterocycles. The van der Waals surface area contributed by atoms with E-state index < -0.39 is 0 Å². The van der Waals surface area contributed by atoms with Crippen LogP contribution < -0.4 is 15.4 Å². The van der Waals surface area contributed by atoms with E-state index in [9.17, 15) is 0 Å². The van der Waals surface area contributed by atoms with Gasteiger partial charge in [0, 0.05) is 22.9 Å². The molecule has 1 heterocycles. The minimum Gasteiger partial charge on any atom is -0.492 e. The number of rotatable bonds is 4. The fraction of sp³-hybridized carbons (Fsp3) is 0.294. The van der Waals surface area contributed by atoms with Crippen LogP contribution >= 0.6 is 11.6 Å². The molecule has 2 N–H and O–H groups in total. The zero-order valence-electron chi connectivity index (χ0n) is 11.9. The molecule has 110 valence electrons. The number of nitrogens with zero attached hydrogens (tertiary/aromatic N) is 1. The standard InChI is InChI=1S/C17H19ClN2O/c18-14-4-1-5-16(11-14)21-10-9-20-8-2-3-13-6-7-15(19)12-17(13)20/h1,4-7,11-12H,2-3,8-10,19H2. The van der Waals surface area contributed by atoms with Crippen molar-refractivity contribution in [3.63, 3.8) is 0 Å². The molecule has 0 unspecified atom stereocenters. The van der Waals surface area contributed by atoms with Gasteiger partial charge in [0.05, 0.1) is 6.54 Å². The highest BCUT2D eigenvalue weighted by Crippen LogP contribution is 2.28. The van der Waals surface area contributed by atoms with E-state index in [-0.39, 0.29) is 0 Å². The van der Waals surface area contributed by atoms with Crippen molar-refractivity contribution in [3.8, 4) is 5.75 Å². The van der Waals surface area contributed by atoms with Crippen LogP contribution in [0.25, 0.3) is 0 Å². The van der Waals surface area contributed by atoms with E-state index in [0.29, 0.717) is 11.6 Å². The van der Waals surface area contributed by atoms with Crippen molar-refractivity contribution in [2.75, 3.05) is 30.3 Å². The van der Waals surface area contributed by atoms with Gasteiger partial charge >= 0.3 is 0 Å². The molecule has 0 amide bonds. The molecule has 0 fully saturated rings. The summed E-state index contributed by atoms with van der Waals surface area (Å²) in [5.74, 6) is 0.812. The molecule has 0 spiro atoms. The molecular formula is C17H19ClN2O. The molecular weight excluding hydrogens is 284 g/mol. The maximum atomic E-state index is 5.95. The third kappa shape index (κ3) is 3.42. The molecule has 0 radical (unpaired) electrons. The Hall–Kier alpha value is -1.87. The van der Waals surface area contributed by atoms with Gasteiger partial charge in [0.1, 0.15) is 12.4 Å². The van der Waals surface area contributed by atoms with Gasteiger partial charge in [-0.15, -0.1) is 0 Å². The van der Waals surface area contributed by atoms with Crippen LogP contribution in [0.1, 0.15) is 12.0 Å². The molecule has 2 aromatic carbocycles. The zero-order chi connectivity index (χ0) is 14.7. The van der Waals surface area contributed by atoms with Crippen molar-refractivity contribution < 1.29 is 4.74 Å². The molecule has 3 nitrogen and oxygen atoms in total. The van der Waals surface area contributed by atoms with Crippen LogP contribution in [0.15, 0.2) is 42.5 Å². The maximum Gasteiger partial charge on any atom is 0.120 e. The van der Waals surface area contributed by atoms with Crippen molar-refractivity contribution in [2.24, 2.45) is 0 Å². The minimum atomic E-state index is 0.634. The Kier molecular flexibility index (Phi) is 4.20. The van der Waals surface area contributed by atoms with Crippen LogP contribution in [-0.4, -0.2) is 19.7 Å². The Morgan fingerprint density at radius 2 is 2.10 bits per heavy atom. The van der Waals surface area contributed by atoms with Crippen molar-refractivity contribution in [1.82, 2.24) is 0 Å². The lowest BCUT2D eigenvalue weighted by Gasteiger charge is -2.31. The van der Waals surface area contributed by atoms with E-state index in [4.69, 9.17) is 22.1 Å². The van der Waals surface area contributed by atoms with Crippen molar-refractivity contribution in [3.05, 3.63) is 53.1 Å². The fourth-order valence-corrected chi connectivity index (χ4v) is 2.91. The first-order valence-electron chi connectivity index (χ1n) is 7.24. The Balaban J connectivity index is 1.63. The highest BCUT2D eigenvalue weighted by Gasteiger charge is 2.16. The average molecular weight is 303 g/mol. The first kappa shape index (κ1) is 14.1. The summed E-state index contributed by atoms with van der Waals surface area (Å²) in [4.78, 5) is 2.35. The average Bonchev–Trinajstić information content (AvgIpc) is 2.48. The highest BCUT2D eigenvalue weighted by molar-refractivity contribution is 6.30. The number of hydrogen-bond acceptors (Lipinski definition) is 3. The summed E-state index contributed by atoms with van der Waals surface area (Å²) in [5, 5.41) is 0.698. The lowest BCUT2D eigenvalue weighted by Crippen LogP contribution is -2.33. The van der Waals surface area contributed by atoms with E-state index in [1.165, 1.54) is 17.7 Å². The van der Waals surface area contributed by atoms with Crippen LogP contribution in [0.2, 0.25) is 5.02 Å². The quantitative estimate of drug-likeness (QED) is 0.874. The maximum absolute atomic E-state index is 5.95. The number of ether oxygens (including phenoxy) is 1. The van der Waals surface area contributed by atoms with Gasteiger partial charge < -0.3 is 15.4 Å². The Morgan fingerprint density at radius 1 is 1.19 bits per heavy atom. The summed E-state index contributed by atoms with van der Waals surface area (Å²) >= 11 is 5.95. The van der Waals surface area contributed by atoms with E-state index >= 15 is 0 Å². The molecule has 3 rings (SSSR count). The van der Waals surface area contributed by atoms with Crippen LogP contribution in [0.5, 0.6) is 5.75 Å². The van der Waals surface area contributed by atoms with E-state index in [1.807, 2.05) is 30.3 Å². The predicted octanol–water partition coefficient (Wildman–Crippen LogP) is 3.75. The largest absolute Gasteiger partial charge is 0.492 e. The number of nitrogens with two attached hydrogens (primary N) is 1. The summed E-state index contributed by atoms with van der Waals surface area (Å²) in [7, 11) is 0. The van der Waals surface area contributed by atoms with E-state index in [2.05, 4.69) is 17.0 Å². The number of hydrogen-bond donors (Lipinski definition) is 1. The smallest absolute Gasteiger partial charge is 0.120 e. The van der Waals surface area contributed by atoms with E-state index in [1.54, 1.807) is 0 Å². The number of benzene rings is 2. The van der Waals surface area contributed by atoms with Crippen LogP contribution in [-0.2, 0) is 6.42 Å². The van der Waals surface area contributed by atoms with Gasteiger partial charge in [-0.1, -0.05) is 23.7 Å². The van der Waals surface area contributed by atoms with Crippen LogP contribution in [0, 0.1) is 0 Å².